The molecular weight excluding hydrogens is 606 g/mol. The summed E-state index contributed by atoms with van der Waals surface area (Å²) in [5.41, 5.74) is 3.57. The van der Waals surface area contributed by atoms with Crippen molar-refractivity contribution in [3.8, 4) is 5.75 Å². The second-order valence-corrected chi connectivity index (χ2v) is 13.0. The zero-order valence-corrected chi connectivity index (χ0v) is 25.4. The average Bonchev–Trinajstić information content (AvgIpc) is 3.23. The number of anilines is 1. The minimum atomic E-state index is -4.29. The van der Waals surface area contributed by atoms with Crippen LogP contribution in [0, 0.1) is 18.6 Å². The Morgan fingerprint density at radius 3 is 2.48 bits per heavy atom. The Labute approximate surface area is 259 Å². The first-order chi connectivity index (χ1) is 21.0. The van der Waals surface area contributed by atoms with Crippen LogP contribution in [0.1, 0.15) is 39.5 Å². The van der Waals surface area contributed by atoms with E-state index in [1.54, 1.807) is 62.4 Å². The first-order valence-electron chi connectivity index (χ1n) is 13.8. The lowest BCUT2D eigenvalue weighted by Crippen LogP contribution is -2.48. The van der Waals surface area contributed by atoms with E-state index in [9.17, 15) is 22.0 Å². The second kappa shape index (κ2) is 11.2. The summed E-state index contributed by atoms with van der Waals surface area (Å²) in [5.74, 6) is -1.13. The highest BCUT2D eigenvalue weighted by Crippen LogP contribution is 2.40. The maximum absolute atomic E-state index is 14.6. The van der Waals surface area contributed by atoms with E-state index in [4.69, 9.17) is 16.3 Å². The van der Waals surface area contributed by atoms with Crippen LogP contribution in [-0.2, 0) is 10.0 Å². The molecule has 224 valence electrons. The van der Waals surface area contributed by atoms with Crippen molar-refractivity contribution in [2.24, 2.45) is 0 Å². The number of sulfonamides is 1. The Balaban J connectivity index is 1.40. The fourth-order valence-corrected chi connectivity index (χ4v) is 7.35. The number of halogens is 3. The van der Waals surface area contributed by atoms with Crippen LogP contribution < -0.4 is 9.04 Å². The van der Waals surface area contributed by atoms with Crippen molar-refractivity contribution in [1.82, 2.24) is 4.90 Å². The molecule has 6 nitrogen and oxygen atoms in total. The highest BCUT2D eigenvalue weighted by atomic mass is 35.5. The third kappa shape index (κ3) is 5.16. The summed E-state index contributed by atoms with van der Waals surface area (Å²) in [4.78, 5) is 14.5. The van der Waals surface area contributed by atoms with E-state index in [0.29, 0.717) is 33.5 Å². The van der Waals surface area contributed by atoms with Gasteiger partial charge in [0.2, 0.25) is 0 Å². The molecule has 4 aromatic rings. The average molecular weight is 633 g/mol. The first kappa shape index (κ1) is 29.6. The number of aryl methyl sites for hydroxylation is 1. The van der Waals surface area contributed by atoms with Crippen LogP contribution in [0.4, 0.5) is 14.5 Å². The quantitative estimate of drug-likeness (QED) is 0.206. The van der Waals surface area contributed by atoms with Gasteiger partial charge in [-0.05, 0) is 73.0 Å². The molecule has 1 amide bonds. The molecule has 0 bridgehead atoms. The molecule has 0 N–H and O–H groups in total. The summed E-state index contributed by atoms with van der Waals surface area (Å²) >= 11 is 6.26. The number of hydrogen-bond donors (Lipinski definition) is 0. The molecule has 0 radical (unpaired) electrons. The summed E-state index contributed by atoms with van der Waals surface area (Å²) < 4.78 is 64.7. The van der Waals surface area contributed by atoms with Gasteiger partial charge in [0.05, 0.1) is 28.7 Å². The van der Waals surface area contributed by atoms with Gasteiger partial charge in [0.15, 0.2) is 0 Å². The molecule has 0 fully saturated rings. The van der Waals surface area contributed by atoms with E-state index in [1.165, 1.54) is 33.5 Å². The van der Waals surface area contributed by atoms with Crippen LogP contribution >= 0.6 is 11.6 Å². The van der Waals surface area contributed by atoms with Gasteiger partial charge < -0.3 is 9.64 Å². The van der Waals surface area contributed by atoms with Crippen molar-refractivity contribution in [2.75, 3.05) is 17.4 Å². The molecule has 4 aromatic carbocycles. The zero-order chi connectivity index (χ0) is 31.3. The van der Waals surface area contributed by atoms with Gasteiger partial charge in [-0.15, -0.1) is 0 Å². The van der Waals surface area contributed by atoms with E-state index in [-0.39, 0.29) is 45.9 Å². The number of hydrogen-bond acceptors (Lipinski definition) is 4. The third-order valence-electron chi connectivity index (χ3n) is 7.81. The highest BCUT2D eigenvalue weighted by molar-refractivity contribution is 7.92. The van der Waals surface area contributed by atoms with Crippen molar-refractivity contribution in [1.29, 1.82) is 0 Å². The largest absolute Gasteiger partial charge is 0.484 e. The molecule has 10 heteroatoms. The van der Waals surface area contributed by atoms with Crippen LogP contribution in [0.2, 0.25) is 5.02 Å². The molecule has 6 rings (SSSR count). The monoisotopic (exact) mass is 632 g/mol. The van der Waals surface area contributed by atoms with E-state index in [1.807, 2.05) is 6.07 Å². The number of amides is 1. The molecule has 44 heavy (non-hydrogen) atoms. The zero-order valence-electron chi connectivity index (χ0n) is 23.9. The number of allylic oxidation sites excluding steroid dienone is 1. The van der Waals surface area contributed by atoms with Gasteiger partial charge in [-0.25, -0.2) is 17.2 Å². The Morgan fingerprint density at radius 1 is 1.02 bits per heavy atom. The van der Waals surface area contributed by atoms with E-state index >= 15 is 0 Å². The van der Waals surface area contributed by atoms with Crippen molar-refractivity contribution in [3.05, 3.63) is 130 Å². The predicted molar refractivity (Wildman–Crippen MR) is 168 cm³/mol. The Kier molecular flexibility index (Phi) is 7.55. The van der Waals surface area contributed by atoms with Crippen LogP contribution in [0.15, 0.2) is 90.3 Å². The summed E-state index contributed by atoms with van der Waals surface area (Å²) in [7, 11) is -4.29. The highest BCUT2D eigenvalue weighted by Gasteiger charge is 2.39. The Bertz CT molecular complexity index is 1940. The Hall–Kier alpha value is -4.47. The summed E-state index contributed by atoms with van der Waals surface area (Å²) in [5, 5.41) is 0.244. The standard InChI is InChI=1S/C34H27ClF2N2O4S/c1-20-11-13-25(17-30(20)37)44(41,42)39-19-24(18-38-22(3)26-7-4-5-8-27(26)34(38)40)43-32-14-12-23(16-31(32)39)15-21(2)33-28(35)9-6-10-29(33)36/h4-17,24H,3,18-19H2,1-2H3. The lowest BCUT2D eigenvalue weighted by Gasteiger charge is -2.37. The maximum Gasteiger partial charge on any atom is 0.264 e. The van der Waals surface area contributed by atoms with Crippen molar-refractivity contribution < 1.29 is 26.7 Å². The fourth-order valence-electron chi connectivity index (χ4n) is 5.53. The first-order valence-corrected chi connectivity index (χ1v) is 15.6. The maximum atomic E-state index is 14.6. The number of ether oxygens (including phenoxy) is 1. The van der Waals surface area contributed by atoms with Crippen LogP contribution in [0.3, 0.4) is 0 Å². The third-order valence-corrected chi connectivity index (χ3v) is 9.90. The minimum absolute atomic E-state index is 0.0343. The SMILES string of the molecule is C=C1c2ccccc2C(=O)N1CC1CN(S(=O)(=O)c2ccc(C)c(F)c2)c2cc(C=C(C)c3c(F)cccc3Cl)ccc2O1. The molecule has 0 saturated carbocycles. The minimum Gasteiger partial charge on any atom is -0.484 e. The summed E-state index contributed by atoms with van der Waals surface area (Å²) in [6.07, 6.45) is 0.917. The van der Waals surface area contributed by atoms with Crippen LogP contribution in [-0.4, -0.2) is 38.4 Å². The van der Waals surface area contributed by atoms with Gasteiger partial charge in [0.25, 0.3) is 15.9 Å². The lowest BCUT2D eigenvalue weighted by atomic mass is 10.0. The normalized spacial score (nSPS) is 16.6. The lowest BCUT2D eigenvalue weighted by molar-refractivity contribution is 0.0787. The van der Waals surface area contributed by atoms with E-state index in [2.05, 4.69) is 6.58 Å². The number of nitrogens with zero attached hydrogens (tertiary/aromatic N) is 2. The number of carbonyl (C=O) groups is 1. The van der Waals surface area contributed by atoms with Crippen molar-refractivity contribution in [3.63, 3.8) is 0 Å². The fraction of sp³-hybridized carbons (Fsp3) is 0.147. The smallest absolute Gasteiger partial charge is 0.264 e. The molecule has 0 saturated heterocycles. The molecule has 0 spiro atoms. The summed E-state index contributed by atoms with van der Waals surface area (Å²) in [6, 6.07) is 20.2. The van der Waals surface area contributed by atoms with Crippen molar-refractivity contribution >= 4 is 50.6 Å². The molecule has 1 unspecified atom stereocenters. The van der Waals surface area contributed by atoms with Crippen molar-refractivity contribution in [2.45, 2.75) is 24.8 Å². The molecule has 2 aliphatic rings. The van der Waals surface area contributed by atoms with Crippen LogP contribution in [0.5, 0.6) is 5.75 Å². The predicted octanol–water partition coefficient (Wildman–Crippen LogP) is 7.57. The topological polar surface area (TPSA) is 66.9 Å². The summed E-state index contributed by atoms with van der Waals surface area (Å²) in [6.45, 7) is 7.21. The molecular formula is C34H27ClF2N2O4S. The molecule has 2 aliphatic heterocycles. The van der Waals surface area contributed by atoms with Crippen LogP contribution in [0.25, 0.3) is 17.3 Å². The van der Waals surface area contributed by atoms with Gasteiger partial charge in [0.1, 0.15) is 23.5 Å². The van der Waals surface area contributed by atoms with Gasteiger partial charge in [-0.2, -0.15) is 0 Å². The second-order valence-electron chi connectivity index (χ2n) is 10.7. The van der Waals surface area contributed by atoms with Gasteiger partial charge in [-0.1, -0.05) is 60.7 Å². The molecule has 0 aliphatic carbocycles. The van der Waals surface area contributed by atoms with Gasteiger partial charge in [0, 0.05) is 22.4 Å². The molecule has 1 atom stereocenters. The molecule has 0 aromatic heterocycles. The Morgan fingerprint density at radius 2 is 1.77 bits per heavy atom. The molecule has 2 heterocycles. The van der Waals surface area contributed by atoms with E-state index < -0.39 is 27.8 Å². The van der Waals surface area contributed by atoms with Gasteiger partial charge >= 0.3 is 0 Å². The number of carbonyl (C=O) groups excluding carboxylic acids is 1. The van der Waals surface area contributed by atoms with Gasteiger partial charge in [-0.3, -0.25) is 9.10 Å². The number of rotatable bonds is 6. The number of fused-ring (bicyclic) bond motifs is 2. The van der Waals surface area contributed by atoms with E-state index in [0.717, 1.165) is 6.07 Å². The number of benzene rings is 4.